The lowest BCUT2D eigenvalue weighted by atomic mass is 9.82. The van der Waals surface area contributed by atoms with Crippen molar-refractivity contribution >= 4 is 16.1 Å². The fourth-order valence-corrected chi connectivity index (χ4v) is 5.35. The summed E-state index contributed by atoms with van der Waals surface area (Å²) >= 11 is 0. The van der Waals surface area contributed by atoms with E-state index in [0.717, 1.165) is 37.8 Å². The van der Waals surface area contributed by atoms with Gasteiger partial charge in [-0.05, 0) is 69.1 Å². The molecule has 0 atom stereocenters. The van der Waals surface area contributed by atoms with Gasteiger partial charge in [0.15, 0.2) is 0 Å². The van der Waals surface area contributed by atoms with E-state index in [-0.39, 0.29) is 12.1 Å². The zero-order valence-electron chi connectivity index (χ0n) is 19.0. The van der Waals surface area contributed by atoms with Gasteiger partial charge in [-0.15, -0.1) is 0 Å². The third-order valence-electron chi connectivity index (χ3n) is 6.21. The second-order valence-corrected chi connectivity index (χ2v) is 10.7. The Bertz CT molecular complexity index is 941. The van der Waals surface area contributed by atoms with Gasteiger partial charge in [0.05, 0.1) is 4.90 Å². The molecular weight excluding hydrogens is 422 g/mol. The summed E-state index contributed by atoms with van der Waals surface area (Å²) in [6, 6.07) is 18.5. The molecule has 32 heavy (non-hydrogen) atoms. The van der Waals surface area contributed by atoms with Gasteiger partial charge in [0, 0.05) is 25.7 Å². The van der Waals surface area contributed by atoms with E-state index >= 15 is 0 Å². The molecule has 0 bridgehead atoms. The number of hydrogen-bond donors (Lipinski definition) is 2. The molecule has 174 valence electrons. The number of nitrogens with one attached hydrogen (secondary N) is 2. The smallest absolute Gasteiger partial charge is 0.317 e. The van der Waals surface area contributed by atoms with Gasteiger partial charge >= 0.3 is 6.03 Å². The maximum absolute atomic E-state index is 12.8. The summed E-state index contributed by atoms with van der Waals surface area (Å²) in [5.74, 6) is 0.783. The molecule has 0 radical (unpaired) electrons. The van der Waals surface area contributed by atoms with Gasteiger partial charge in [0.1, 0.15) is 0 Å². The second-order valence-electron chi connectivity index (χ2n) is 8.94. The SMILES string of the molecule is CC(C)N(CC1CCC(CNS(=O)(=O)c2ccccc2)CC1)C(=O)NCc1ccccc1. The minimum Gasteiger partial charge on any atom is -0.334 e. The van der Waals surface area contributed by atoms with Gasteiger partial charge in [-0.1, -0.05) is 48.5 Å². The van der Waals surface area contributed by atoms with Crippen LogP contribution in [0.2, 0.25) is 0 Å². The third-order valence-corrected chi connectivity index (χ3v) is 7.65. The first kappa shape index (κ1) is 24.3. The molecule has 7 heteroatoms. The molecule has 1 aliphatic rings. The minimum absolute atomic E-state index is 0.0263. The lowest BCUT2D eigenvalue weighted by molar-refractivity contribution is 0.153. The fraction of sp³-hybridized carbons (Fsp3) is 0.480. The van der Waals surface area contributed by atoms with Crippen LogP contribution in [0.15, 0.2) is 65.6 Å². The van der Waals surface area contributed by atoms with Crippen molar-refractivity contribution in [3.8, 4) is 0 Å². The van der Waals surface area contributed by atoms with Crippen molar-refractivity contribution in [1.29, 1.82) is 0 Å². The normalized spacial score (nSPS) is 19.0. The fourth-order valence-electron chi connectivity index (χ4n) is 4.21. The average molecular weight is 458 g/mol. The van der Waals surface area contributed by atoms with Crippen molar-refractivity contribution in [2.75, 3.05) is 13.1 Å². The highest BCUT2D eigenvalue weighted by atomic mass is 32.2. The van der Waals surface area contributed by atoms with Crippen molar-refractivity contribution in [2.24, 2.45) is 11.8 Å². The molecule has 6 nitrogen and oxygen atoms in total. The summed E-state index contributed by atoms with van der Waals surface area (Å²) < 4.78 is 27.6. The first-order valence-corrected chi connectivity index (χ1v) is 13.0. The largest absolute Gasteiger partial charge is 0.334 e. The van der Waals surface area contributed by atoms with Crippen LogP contribution in [-0.4, -0.2) is 38.5 Å². The zero-order valence-corrected chi connectivity index (χ0v) is 19.9. The summed E-state index contributed by atoms with van der Waals surface area (Å²) in [7, 11) is -3.46. The average Bonchev–Trinajstić information content (AvgIpc) is 2.81. The highest BCUT2D eigenvalue weighted by Crippen LogP contribution is 2.29. The van der Waals surface area contributed by atoms with Crippen molar-refractivity contribution in [1.82, 2.24) is 14.9 Å². The predicted octanol–water partition coefficient (Wildman–Crippen LogP) is 4.39. The standard InChI is InChI=1S/C25H35N3O3S/c1-20(2)28(25(29)26-17-21-9-5-3-6-10-21)19-23-15-13-22(14-16-23)18-27-32(30,31)24-11-7-4-8-12-24/h3-12,20,22-23,27H,13-19H2,1-2H3,(H,26,29). The zero-order chi connectivity index (χ0) is 23.0. The molecule has 2 amide bonds. The van der Waals surface area contributed by atoms with E-state index in [4.69, 9.17) is 0 Å². The summed E-state index contributed by atoms with van der Waals surface area (Å²) in [6.07, 6.45) is 3.96. The van der Waals surface area contributed by atoms with Crippen LogP contribution in [0.4, 0.5) is 4.79 Å². The second kappa shape index (κ2) is 11.5. The number of hydrogen-bond acceptors (Lipinski definition) is 3. The van der Waals surface area contributed by atoms with E-state index in [0.29, 0.717) is 29.8 Å². The van der Waals surface area contributed by atoms with Crippen LogP contribution in [0.1, 0.15) is 45.1 Å². The Morgan fingerprint density at radius 1 is 0.938 bits per heavy atom. The molecule has 2 aromatic carbocycles. The van der Waals surface area contributed by atoms with E-state index in [2.05, 4.69) is 10.0 Å². The molecule has 1 aliphatic carbocycles. The van der Waals surface area contributed by atoms with Gasteiger partial charge in [0.25, 0.3) is 0 Å². The molecule has 1 fully saturated rings. The van der Waals surface area contributed by atoms with Gasteiger partial charge in [0.2, 0.25) is 10.0 Å². The van der Waals surface area contributed by atoms with Crippen LogP contribution in [0.25, 0.3) is 0 Å². The Labute approximate surface area is 192 Å². The van der Waals surface area contributed by atoms with Crippen molar-refractivity contribution in [2.45, 2.75) is 57.0 Å². The van der Waals surface area contributed by atoms with Gasteiger partial charge in [-0.3, -0.25) is 0 Å². The van der Waals surface area contributed by atoms with Crippen LogP contribution in [0.3, 0.4) is 0 Å². The highest BCUT2D eigenvalue weighted by molar-refractivity contribution is 7.89. The van der Waals surface area contributed by atoms with Gasteiger partial charge < -0.3 is 10.2 Å². The first-order valence-electron chi connectivity index (χ1n) is 11.5. The lowest BCUT2D eigenvalue weighted by Gasteiger charge is -2.34. The van der Waals surface area contributed by atoms with Crippen molar-refractivity contribution in [3.05, 3.63) is 66.2 Å². The summed E-state index contributed by atoms with van der Waals surface area (Å²) in [5, 5.41) is 3.04. The Balaban J connectivity index is 1.44. The molecule has 1 saturated carbocycles. The number of rotatable bonds is 9. The number of carbonyl (C=O) groups excluding carboxylic acids is 1. The number of carbonyl (C=O) groups is 1. The maximum Gasteiger partial charge on any atom is 0.317 e. The number of urea groups is 1. The Morgan fingerprint density at radius 2 is 1.50 bits per heavy atom. The van der Waals surface area contributed by atoms with Crippen molar-refractivity contribution < 1.29 is 13.2 Å². The quantitative estimate of drug-likeness (QED) is 0.586. The van der Waals surface area contributed by atoms with Crippen LogP contribution >= 0.6 is 0 Å². The van der Waals surface area contributed by atoms with E-state index in [1.54, 1.807) is 24.3 Å². The minimum atomic E-state index is -3.46. The molecule has 2 N–H and O–H groups in total. The monoisotopic (exact) mass is 457 g/mol. The van der Waals surface area contributed by atoms with Crippen LogP contribution < -0.4 is 10.0 Å². The Morgan fingerprint density at radius 3 is 2.09 bits per heavy atom. The van der Waals surface area contributed by atoms with Crippen molar-refractivity contribution in [3.63, 3.8) is 0 Å². The van der Waals surface area contributed by atoms with E-state index < -0.39 is 10.0 Å². The first-order chi connectivity index (χ1) is 15.3. The molecule has 0 spiro atoms. The predicted molar refractivity (Wildman–Crippen MR) is 128 cm³/mol. The molecule has 0 unspecified atom stereocenters. The molecule has 0 saturated heterocycles. The van der Waals surface area contributed by atoms with Crippen LogP contribution in [0.5, 0.6) is 0 Å². The Hall–Kier alpha value is -2.38. The molecule has 0 aromatic heterocycles. The maximum atomic E-state index is 12.8. The topological polar surface area (TPSA) is 78.5 Å². The summed E-state index contributed by atoms with van der Waals surface area (Å²) in [6.45, 7) is 5.82. The van der Waals surface area contributed by atoms with Gasteiger partial charge in [-0.25, -0.2) is 17.9 Å². The molecule has 3 rings (SSSR count). The highest BCUT2D eigenvalue weighted by Gasteiger charge is 2.27. The molecule has 2 aromatic rings. The lowest BCUT2D eigenvalue weighted by Crippen LogP contribution is -2.46. The van der Waals surface area contributed by atoms with Crippen LogP contribution in [0, 0.1) is 11.8 Å². The molecular formula is C25H35N3O3S. The van der Waals surface area contributed by atoms with E-state index in [1.807, 2.05) is 55.1 Å². The Kier molecular flexibility index (Phi) is 8.70. The van der Waals surface area contributed by atoms with E-state index in [9.17, 15) is 13.2 Å². The third kappa shape index (κ3) is 7.07. The van der Waals surface area contributed by atoms with Crippen LogP contribution in [-0.2, 0) is 16.6 Å². The van der Waals surface area contributed by atoms with Gasteiger partial charge in [-0.2, -0.15) is 0 Å². The molecule has 0 aliphatic heterocycles. The molecule has 0 heterocycles. The number of nitrogens with zero attached hydrogens (tertiary/aromatic N) is 1. The number of amides is 2. The summed E-state index contributed by atoms with van der Waals surface area (Å²) in [5.41, 5.74) is 1.09. The van der Waals surface area contributed by atoms with E-state index in [1.165, 1.54) is 0 Å². The number of benzene rings is 2. The number of sulfonamides is 1. The summed E-state index contributed by atoms with van der Waals surface area (Å²) in [4.78, 5) is 15.0.